The van der Waals surface area contributed by atoms with Gasteiger partial charge in [0.1, 0.15) is 0 Å². The number of carbonyl (C=O) groups excluding carboxylic acids is 1. The molecule has 3 heteroatoms. The summed E-state index contributed by atoms with van der Waals surface area (Å²) in [5, 5.41) is 0. The van der Waals surface area contributed by atoms with Crippen LogP contribution in [-0.4, -0.2) is 27.5 Å². The van der Waals surface area contributed by atoms with Gasteiger partial charge in [0, 0.05) is 0 Å². The van der Waals surface area contributed by atoms with E-state index >= 15 is 0 Å². The molecule has 0 amide bonds. The van der Waals surface area contributed by atoms with Crippen molar-refractivity contribution in [2.75, 3.05) is 6.61 Å². The summed E-state index contributed by atoms with van der Waals surface area (Å²) in [5.74, 6) is -0.0581. The van der Waals surface area contributed by atoms with Gasteiger partial charge in [0.2, 0.25) is 0 Å². The molecule has 1 unspecified atom stereocenters. The van der Waals surface area contributed by atoms with Crippen molar-refractivity contribution >= 4 is 25.4 Å². The first-order valence-corrected chi connectivity index (χ1v) is 8.92. The number of rotatable bonds is 9. The topological polar surface area (TPSA) is 26.3 Å². The molecular weight excluding hydrogens is 315 g/mol. The first kappa shape index (κ1) is 17.0. The van der Waals surface area contributed by atoms with Crippen molar-refractivity contribution in [1.82, 2.24) is 0 Å². The molecule has 0 spiro atoms. The zero-order valence-corrected chi connectivity index (χ0v) is 14.1. The van der Waals surface area contributed by atoms with Gasteiger partial charge in [-0.3, -0.25) is 0 Å². The molecule has 1 aromatic rings. The molecule has 1 atom stereocenters. The molecule has 0 saturated heterocycles. The van der Waals surface area contributed by atoms with E-state index < -0.39 is 4.31 Å². The van der Waals surface area contributed by atoms with E-state index in [1.807, 2.05) is 31.2 Å². The first-order chi connectivity index (χ1) is 9.68. The van der Waals surface area contributed by atoms with Crippen LogP contribution in [0, 0.1) is 0 Å². The summed E-state index contributed by atoms with van der Waals surface area (Å²) in [6.07, 6.45) is 5.56. The zero-order chi connectivity index (χ0) is 14.8. The maximum atomic E-state index is 12.5. The van der Waals surface area contributed by atoms with E-state index in [1.165, 1.54) is 4.46 Å². The van der Waals surface area contributed by atoms with Gasteiger partial charge in [0.15, 0.2) is 0 Å². The van der Waals surface area contributed by atoms with Gasteiger partial charge < -0.3 is 0 Å². The fraction of sp³-hybridized carbons (Fsp3) is 0.471. The fourth-order valence-corrected chi connectivity index (χ4v) is 4.89. The van der Waals surface area contributed by atoms with Crippen LogP contribution >= 0.6 is 0 Å². The van der Waals surface area contributed by atoms with Gasteiger partial charge in [-0.05, 0) is 0 Å². The average molecular weight is 339 g/mol. The van der Waals surface area contributed by atoms with Crippen molar-refractivity contribution in [2.45, 2.75) is 43.8 Å². The summed E-state index contributed by atoms with van der Waals surface area (Å²) in [7, 11) is 0. The molecule has 0 aliphatic rings. The minimum atomic E-state index is -0.401. The van der Waals surface area contributed by atoms with Gasteiger partial charge >= 0.3 is 128 Å². The summed E-state index contributed by atoms with van der Waals surface area (Å²) >= 11 is 0.0594. The average Bonchev–Trinajstić information content (AvgIpc) is 2.46. The van der Waals surface area contributed by atoms with Crippen LogP contribution in [0.15, 0.2) is 43.0 Å². The Morgan fingerprint density at radius 2 is 2.05 bits per heavy atom. The van der Waals surface area contributed by atoms with Crippen LogP contribution in [0.1, 0.15) is 39.5 Å². The molecule has 1 rings (SSSR count). The summed E-state index contributed by atoms with van der Waals surface area (Å²) < 4.78 is 6.20. The first-order valence-electron chi connectivity index (χ1n) is 7.20. The number of carbonyl (C=O) groups is 1. The quantitative estimate of drug-likeness (QED) is 0.391. The molecular formula is C17H24O2Se. The Kier molecular flexibility index (Phi) is 7.64. The zero-order valence-electron chi connectivity index (χ0n) is 12.4. The normalized spacial score (nSPS) is 13.5. The Balaban J connectivity index is 3.00. The molecule has 0 fully saturated rings. The number of unbranched alkanes of at least 4 members (excludes halogenated alkanes) is 1. The summed E-state index contributed by atoms with van der Waals surface area (Å²) in [6.45, 7) is 8.30. The minimum absolute atomic E-state index is 0.0581. The van der Waals surface area contributed by atoms with E-state index in [2.05, 4.69) is 25.6 Å². The number of esters is 1. The Hall–Kier alpha value is -1.05. The van der Waals surface area contributed by atoms with Crippen LogP contribution < -0.4 is 4.46 Å². The van der Waals surface area contributed by atoms with Crippen molar-refractivity contribution in [2.24, 2.45) is 0 Å². The second-order valence-electron chi connectivity index (χ2n) is 4.73. The molecule has 110 valence electrons. The van der Waals surface area contributed by atoms with Crippen molar-refractivity contribution in [3.8, 4) is 0 Å². The van der Waals surface area contributed by atoms with Crippen LogP contribution in [0.4, 0.5) is 0 Å². The molecule has 0 bridgehead atoms. The summed E-state index contributed by atoms with van der Waals surface area (Å²) in [5.41, 5.74) is 0. The van der Waals surface area contributed by atoms with E-state index in [0.717, 1.165) is 19.3 Å². The van der Waals surface area contributed by atoms with E-state index in [9.17, 15) is 4.79 Å². The molecule has 2 nitrogen and oxygen atoms in total. The molecule has 0 radical (unpaired) electrons. The monoisotopic (exact) mass is 340 g/mol. The summed E-state index contributed by atoms with van der Waals surface area (Å²) in [6, 6.07) is 10.3. The molecule has 0 N–H and O–H groups in total. The van der Waals surface area contributed by atoms with Crippen molar-refractivity contribution in [1.29, 1.82) is 0 Å². The van der Waals surface area contributed by atoms with E-state index in [-0.39, 0.29) is 20.9 Å². The summed E-state index contributed by atoms with van der Waals surface area (Å²) in [4.78, 5) is 12.5. The van der Waals surface area contributed by atoms with Gasteiger partial charge in [0.25, 0.3) is 0 Å². The van der Waals surface area contributed by atoms with E-state index in [0.29, 0.717) is 13.0 Å². The maximum absolute atomic E-state index is 12.5. The van der Waals surface area contributed by atoms with E-state index in [1.54, 1.807) is 0 Å². The molecule has 0 aliphatic heterocycles. The van der Waals surface area contributed by atoms with Crippen LogP contribution in [-0.2, 0) is 9.53 Å². The number of hydrogen-bond acceptors (Lipinski definition) is 2. The number of ether oxygens (including phenoxy) is 1. The molecule has 0 aliphatic carbocycles. The number of hydrogen-bond donors (Lipinski definition) is 0. The Labute approximate surface area is 128 Å². The van der Waals surface area contributed by atoms with Crippen LogP contribution in [0.25, 0.3) is 0 Å². The van der Waals surface area contributed by atoms with Crippen molar-refractivity contribution in [3.63, 3.8) is 0 Å². The Morgan fingerprint density at radius 1 is 1.35 bits per heavy atom. The number of allylic oxidation sites excluding steroid dienone is 1. The molecule has 0 saturated carbocycles. The predicted octanol–water partition coefficient (Wildman–Crippen LogP) is 3.50. The SMILES string of the molecule is C=CCC(CCCC)([Se]c1ccccc1)C(=O)OCC. The van der Waals surface area contributed by atoms with Crippen LogP contribution in [0.2, 0.25) is 4.31 Å². The third kappa shape index (κ3) is 4.81. The van der Waals surface area contributed by atoms with Gasteiger partial charge in [-0.2, -0.15) is 0 Å². The van der Waals surface area contributed by atoms with Crippen LogP contribution in [0.3, 0.4) is 0 Å². The van der Waals surface area contributed by atoms with E-state index in [4.69, 9.17) is 4.74 Å². The predicted molar refractivity (Wildman–Crippen MR) is 85.5 cm³/mol. The fourth-order valence-electron chi connectivity index (χ4n) is 2.09. The van der Waals surface area contributed by atoms with Gasteiger partial charge in [-0.25, -0.2) is 0 Å². The molecule has 1 aromatic carbocycles. The Bertz CT molecular complexity index is 416. The molecule has 0 aromatic heterocycles. The molecule has 0 heterocycles. The second kappa shape index (κ2) is 8.99. The van der Waals surface area contributed by atoms with Gasteiger partial charge in [-0.15, -0.1) is 0 Å². The third-order valence-electron chi connectivity index (χ3n) is 3.11. The standard InChI is InChI=1S/C17H24O2Se/c1-4-7-14-17(13-5-2,16(18)19-6-3)20-15-11-9-8-10-12-15/h5,8-12H,2,4,6-7,13-14H2,1,3H3. The number of benzene rings is 1. The van der Waals surface area contributed by atoms with Gasteiger partial charge in [0.05, 0.1) is 0 Å². The molecule has 20 heavy (non-hydrogen) atoms. The van der Waals surface area contributed by atoms with Crippen molar-refractivity contribution in [3.05, 3.63) is 43.0 Å². The second-order valence-corrected chi connectivity index (χ2v) is 7.78. The van der Waals surface area contributed by atoms with Gasteiger partial charge in [-0.1, -0.05) is 0 Å². The van der Waals surface area contributed by atoms with Crippen LogP contribution in [0.5, 0.6) is 0 Å². The third-order valence-corrected chi connectivity index (χ3v) is 6.13. The Morgan fingerprint density at radius 3 is 2.60 bits per heavy atom. The van der Waals surface area contributed by atoms with Crippen molar-refractivity contribution < 1.29 is 9.53 Å².